The number of amides is 3. The van der Waals surface area contributed by atoms with Crippen LogP contribution in [0, 0.1) is 31.6 Å². The third-order valence-electron chi connectivity index (χ3n) is 15.5. The summed E-state index contributed by atoms with van der Waals surface area (Å²) in [6.07, 6.45) is 7.40. The van der Waals surface area contributed by atoms with Crippen LogP contribution in [-0.2, 0) is 52.3 Å². The quantitative estimate of drug-likeness (QED) is 0.0867. The summed E-state index contributed by atoms with van der Waals surface area (Å²) in [5, 5.41) is 0. The van der Waals surface area contributed by atoms with E-state index in [1.54, 1.807) is 74.3 Å². The molecule has 0 radical (unpaired) electrons. The fourth-order valence-corrected chi connectivity index (χ4v) is 13.5. The van der Waals surface area contributed by atoms with Gasteiger partial charge in [-0.1, -0.05) is 123 Å². The van der Waals surface area contributed by atoms with Crippen LogP contribution in [0.4, 0.5) is 20.2 Å². The van der Waals surface area contributed by atoms with Crippen molar-refractivity contribution in [2.24, 2.45) is 17.8 Å². The van der Waals surface area contributed by atoms with E-state index in [1.807, 2.05) is 92.0 Å². The van der Waals surface area contributed by atoms with Crippen molar-refractivity contribution in [3.63, 3.8) is 0 Å². The Morgan fingerprint density at radius 1 is 0.605 bits per heavy atom. The summed E-state index contributed by atoms with van der Waals surface area (Å²) in [5.74, 6) is -0.723. The average Bonchev–Trinajstić information content (AvgIpc) is 2.09. The first-order chi connectivity index (χ1) is 41.1. The van der Waals surface area contributed by atoms with Gasteiger partial charge in [-0.25, -0.2) is 59.1 Å². The molecule has 2 fully saturated rings. The summed E-state index contributed by atoms with van der Waals surface area (Å²) in [6.45, 7) is 14.5. The predicted octanol–water partition coefficient (Wildman–Crippen LogP) is 10.6. The Balaban J connectivity index is 0.000000194. The van der Waals surface area contributed by atoms with Crippen LogP contribution in [0.3, 0.4) is 0 Å². The van der Waals surface area contributed by atoms with E-state index >= 15 is 0 Å². The molecule has 2 aliphatic heterocycles. The van der Waals surface area contributed by atoms with Gasteiger partial charge in [0.1, 0.15) is 24.3 Å². The average molecular weight is 1210 g/mol. The highest BCUT2D eigenvalue weighted by atomic mass is 32.2. The number of ketones is 1. The fraction of sp³-hybridized carbons (Fsp3) is 0.333. The Bertz CT molecular complexity index is 4170. The second-order valence-electron chi connectivity index (χ2n) is 22.6. The lowest BCUT2D eigenvalue weighted by atomic mass is 9.90. The number of benzene rings is 4. The van der Waals surface area contributed by atoms with E-state index in [-0.39, 0.29) is 82.7 Å². The number of aryl methyl sites for hydroxylation is 2. The molecule has 23 heteroatoms. The van der Waals surface area contributed by atoms with Gasteiger partial charge < -0.3 is 24.0 Å². The monoisotopic (exact) mass is 1200 g/mol. The van der Waals surface area contributed by atoms with Crippen LogP contribution in [0.2, 0.25) is 0 Å². The second-order valence-corrected chi connectivity index (χ2v) is 26.2. The minimum atomic E-state index is -3.97. The molecule has 21 nitrogen and oxygen atoms in total. The molecule has 86 heavy (non-hydrogen) atoms. The number of rotatable bonds is 15. The summed E-state index contributed by atoms with van der Waals surface area (Å²) in [5.41, 5.74) is 5.62. The Morgan fingerprint density at radius 3 is 1.69 bits per heavy atom. The highest BCUT2D eigenvalue weighted by Gasteiger charge is 2.42. The molecule has 9 aromatic rings. The summed E-state index contributed by atoms with van der Waals surface area (Å²) in [4.78, 5) is 75.8. The molecule has 2 aliphatic rings. The van der Waals surface area contributed by atoms with Gasteiger partial charge in [0.25, 0.3) is 20.0 Å². The minimum Gasteiger partial charge on any atom is -0.445 e. The lowest BCUT2D eigenvalue weighted by molar-refractivity contribution is -0.122. The van der Waals surface area contributed by atoms with Gasteiger partial charge in [0, 0.05) is 62.3 Å². The van der Waals surface area contributed by atoms with Gasteiger partial charge in [0.05, 0.1) is 34.2 Å². The van der Waals surface area contributed by atoms with E-state index in [1.165, 1.54) is 45.7 Å². The second kappa shape index (κ2) is 24.9. The van der Waals surface area contributed by atoms with Gasteiger partial charge >= 0.3 is 18.3 Å². The van der Waals surface area contributed by atoms with Gasteiger partial charge in [-0.3, -0.25) is 14.1 Å². The van der Waals surface area contributed by atoms with E-state index in [9.17, 15) is 36.0 Å². The molecule has 0 bridgehead atoms. The fourth-order valence-electron chi connectivity index (χ4n) is 10.9. The van der Waals surface area contributed by atoms with E-state index in [0.717, 1.165) is 43.2 Å². The molecular weight excluding hydrogens is 1140 g/mol. The van der Waals surface area contributed by atoms with E-state index in [0.29, 0.717) is 42.9 Å². The van der Waals surface area contributed by atoms with Crippen LogP contribution in [-0.4, -0.2) is 121 Å². The lowest BCUT2D eigenvalue weighted by Gasteiger charge is -2.27. The summed E-state index contributed by atoms with van der Waals surface area (Å²) in [7, 11) is -7.81. The molecule has 5 aromatic heterocycles. The molecule has 0 N–H and O–H groups in total. The molecular formula is C63H68N10O11S2. The zero-order valence-electron chi connectivity index (χ0n) is 48.9. The number of Topliss-reactive ketones (excluding diaryl/α,β-unsaturated/α-hetero) is 1. The van der Waals surface area contributed by atoms with Gasteiger partial charge in [-0.15, -0.1) is 0 Å². The maximum absolute atomic E-state index is 13.8. The molecule has 4 atom stereocenters. The van der Waals surface area contributed by atoms with Crippen molar-refractivity contribution >= 4 is 77.9 Å². The molecule has 0 spiro atoms. The Labute approximate surface area is 499 Å². The van der Waals surface area contributed by atoms with E-state index < -0.39 is 43.8 Å². The molecule has 448 valence electrons. The normalized spacial score (nSPS) is 17.2. The van der Waals surface area contributed by atoms with Crippen LogP contribution >= 0.6 is 0 Å². The van der Waals surface area contributed by atoms with Crippen molar-refractivity contribution < 1.29 is 50.2 Å². The van der Waals surface area contributed by atoms with Gasteiger partial charge in [0.15, 0.2) is 28.5 Å². The third-order valence-corrected chi connectivity index (χ3v) is 18.9. The first-order valence-corrected chi connectivity index (χ1v) is 31.3. The van der Waals surface area contributed by atoms with Crippen molar-refractivity contribution in [1.29, 1.82) is 0 Å². The largest absolute Gasteiger partial charge is 0.445 e. The molecule has 3 amide bonds. The molecule has 2 saturated heterocycles. The molecule has 0 saturated carbocycles. The number of aromatic nitrogens is 7. The van der Waals surface area contributed by atoms with Crippen LogP contribution in [0.25, 0.3) is 28.0 Å². The lowest BCUT2D eigenvalue weighted by Crippen LogP contribution is -2.43. The van der Waals surface area contributed by atoms with Crippen molar-refractivity contribution in [3.8, 4) is 0 Å². The Kier molecular flexibility index (Phi) is 17.4. The molecule has 7 heterocycles. The number of hydrogen-bond acceptors (Lipinski definition) is 15. The topological polar surface area (TPSA) is 240 Å². The highest BCUT2D eigenvalue weighted by molar-refractivity contribution is 7.90. The van der Waals surface area contributed by atoms with Crippen molar-refractivity contribution in [3.05, 3.63) is 180 Å². The van der Waals surface area contributed by atoms with Crippen LogP contribution in [0.15, 0.2) is 162 Å². The Morgan fingerprint density at radius 2 is 1.13 bits per heavy atom. The molecule has 0 aliphatic carbocycles. The third kappa shape index (κ3) is 12.8. The zero-order valence-corrected chi connectivity index (χ0v) is 50.5. The van der Waals surface area contributed by atoms with Crippen LogP contribution < -0.4 is 4.90 Å². The molecule has 11 rings (SSSR count). The number of carbonyl (C=O) groups is 4. The molecule has 0 unspecified atom stereocenters. The SMILES string of the molecule is CC[C@@H]1CN(C(=O)OCc2ccccc2)C[C@@H]1C(=O)CN(C(=O)OC(C)(C)C)c1cnc2c(ccn2S(=O)(=O)c2ccc(C)cc2)n1.CC[C@@H]1CN(C(=O)OCc2ccccc2)C[C@@H]1c1cnc2cnc3c(ccn3S(=O)(=O)c3ccc(C)cc3)n12. The number of fused-ring (bicyclic) bond motifs is 4. The Hall–Kier alpha value is -8.96. The minimum absolute atomic E-state index is 0.0110. The maximum atomic E-state index is 13.8. The summed E-state index contributed by atoms with van der Waals surface area (Å²) >= 11 is 0. The predicted molar refractivity (Wildman–Crippen MR) is 322 cm³/mol. The van der Waals surface area contributed by atoms with Gasteiger partial charge in [-0.2, -0.15) is 0 Å². The number of carbonyl (C=O) groups excluding carboxylic acids is 4. The maximum Gasteiger partial charge on any atom is 0.416 e. The van der Waals surface area contributed by atoms with Crippen molar-refractivity contribution in [1.82, 2.24) is 42.1 Å². The highest BCUT2D eigenvalue weighted by Crippen LogP contribution is 2.37. The number of likely N-dealkylation sites (tertiary alicyclic amines) is 2. The van der Waals surface area contributed by atoms with Crippen LogP contribution in [0.5, 0.6) is 0 Å². The van der Waals surface area contributed by atoms with Crippen LogP contribution in [0.1, 0.15) is 81.3 Å². The summed E-state index contributed by atoms with van der Waals surface area (Å²) < 4.78 is 74.6. The van der Waals surface area contributed by atoms with Crippen molar-refractivity contribution in [2.75, 3.05) is 37.6 Å². The number of nitrogens with zero attached hydrogens (tertiary/aromatic N) is 10. The smallest absolute Gasteiger partial charge is 0.416 e. The standard InChI is InChI=1S/C34H39N5O7S.C29H29N5O4S/c1-6-25-19-37(32(41)45-22-24-10-8-7-9-11-24)20-27(25)29(40)21-38(33(42)46-34(3,4)5)30-18-35-31-28(36-30)16-17-39(31)47(43,44)26-14-12-23(2)13-15-26;1-3-22-17-32(29(35)38-19-21-7-5-4-6-8-21)18-24(22)26-15-30-27-16-31-28-25(34(26)27)13-14-33(28)39(36,37)23-11-9-20(2)10-12-23/h7-18,25,27H,6,19-22H2,1-5H3;4-16,22,24H,3,17-19H2,1-2H3/t25-,27+;22-,24+/m11/s1. The number of hydrogen-bond donors (Lipinski definition) is 0. The van der Waals surface area contributed by atoms with Gasteiger partial charge in [0.2, 0.25) is 0 Å². The zero-order chi connectivity index (χ0) is 61.1. The first kappa shape index (κ1) is 60.2. The van der Waals surface area contributed by atoms with E-state index in [4.69, 9.17) is 14.2 Å². The molecule has 4 aromatic carbocycles. The number of ether oxygens (including phenoxy) is 3. The summed E-state index contributed by atoms with van der Waals surface area (Å²) in [6, 6.07) is 35.4. The van der Waals surface area contributed by atoms with E-state index in [2.05, 4.69) is 26.9 Å². The van der Waals surface area contributed by atoms with Crippen molar-refractivity contribution in [2.45, 2.75) is 95.8 Å². The number of imidazole rings is 1. The van der Waals surface area contributed by atoms with Gasteiger partial charge in [-0.05, 0) is 94.0 Å². The first-order valence-electron chi connectivity index (χ1n) is 28.4. The number of anilines is 1.